The van der Waals surface area contributed by atoms with Gasteiger partial charge in [0, 0.05) is 26.2 Å². The summed E-state index contributed by atoms with van der Waals surface area (Å²) in [5.74, 6) is 0.867. The Morgan fingerprint density at radius 2 is 1.80 bits per heavy atom. The lowest BCUT2D eigenvalue weighted by molar-refractivity contribution is 0.0750. The van der Waals surface area contributed by atoms with Gasteiger partial charge in [-0.1, -0.05) is 19.9 Å². The molecule has 0 spiro atoms. The van der Waals surface area contributed by atoms with Crippen molar-refractivity contribution in [3.8, 4) is 5.75 Å². The molecule has 0 saturated carbocycles. The highest BCUT2D eigenvalue weighted by Crippen LogP contribution is 2.26. The molecule has 0 aromatic heterocycles. The van der Waals surface area contributed by atoms with E-state index in [1.165, 1.54) is 0 Å². The zero-order valence-corrected chi connectivity index (χ0v) is 15.6. The fourth-order valence-electron chi connectivity index (χ4n) is 2.94. The van der Waals surface area contributed by atoms with Crippen LogP contribution in [0.2, 0.25) is 0 Å². The van der Waals surface area contributed by atoms with Gasteiger partial charge in [-0.3, -0.25) is 4.79 Å². The first-order chi connectivity index (χ1) is 12.0. The third kappa shape index (κ3) is 4.65. The molecule has 2 rings (SSSR count). The minimum absolute atomic E-state index is 0.0509. The van der Waals surface area contributed by atoms with Crippen LogP contribution in [-0.2, 0) is 4.74 Å². The van der Waals surface area contributed by atoms with Crippen LogP contribution in [0.5, 0.6) is 5.75 Å². The van der Waals surface area contributed by atoms with E-state index in [1.807, 2.05) is 18.2 Å². The Hall–Kier alpha value is -2.24. The van der Waals surface area contributed by atoms with Crippen molar-refractivity contribution >= 4 is 12.0 Å². The van der Waals surface area contributed by atoms with Gasteiger partial charge in [-0.05, 0) is 37.0 Å². The van der Waals surface area contributed by atoms with E-state index in [0.29, 0.717) is 50.0 Å². The molecule has 1 fully saturated rings. The third-order valence-corrected chi connectivity index (χ3v) is 4.43. The van der Waals surface area contributed by atoms with Crippen molar-refractivity contribution in [1.29, 1.82) is 0 Å². The minimum Gasteiger partial charge on any atom is -0.496 e. The van der Waals surface area contributed by atoms with Crippen LogP contribution in [0.25, 0.3) is 0 Å². The third-order valence-electron chi connectivity index (χ3n) is 4.43. The van der Waals surface area contributed by atoms with E-state index in [9.17, 15) is 9.59 Å². The summed E-state index contributed by atoms with van der Waals surface area (Å²) >= 11 is 0. The molecular formula is C19H28N2O4. The van der Waals surface area contributed by atoms with Crippen molar-refractivity contribution in [1.82, 2.24) is 9.80 Å². The van der Waals surface area contributed by atoms with E-state index in [4.69, 9.17) is 9.47 Å². The van der Waals surface area contributed by atoms with E-state index in [0.717, 1.165) is 12.0 Å². The number of methoxy groups -OCH3 is 1. The number of carbonyl (C=O) groups is 2. The monoisotopic (exact) mass is 348 g/mol. The van der Waals surface area contributed by atoms with Crippen molar-refractivity contribution < 1.29 is 19.1 Å². The summed E-state index contributed by atoms with van der Waals surface area (Å²) in [7, 11) is 1.58. The van der Waals surface area contributed by atoms with E-state index in [-0.39, 0.29) is 12.0 Å². The smallest absolute Gasteiger partial charge is 0.409 e. The molecule has 0 aliphatic carbocycles. The Morgan fingerprint density at radius 3 is 2.44 bits per heavy atom. The summed E-state index contributed by atoms with van der Waals surface area (Å²) in [6.07, 6.45) is 0.424. The number of benzene rings is 1. The van der Waals surface area contributed by atoms with Crippen molar-refractivity contribution in [3.05, 3.63) is 29.3 Å². The Bertz CT molecular complexity index is 615. The zero-order chi connectivity index (χ0) is 18.4. The maximum absolute atomic E-state index is 13.0. The highest BCUT2D eigenvalue weighted by Gasteiger charge is 2.25. The average molecular weight is 348 g/mol. The van der Waals surface area contributed by atoms with Crippen LogP contribution < -0.4 is 4.74 Å². The fourth-order valence-corrected chi connectivity index (χ4v) is 2.94. The molecule has 1 aliphatic rings. The van der Waals surface area contributed by atoms with Crippen LogP contribution in [0.4, 0.5) is 4.79 Å². The van der Waals surface area contributed by atoms with Gasteiger partial charge in [-0.2, -0.15) is 0 Å². The second kappa shape index (κ2) is 8.74. The van der Waals surface area contributed by atoms with Gasteiger partial charge in [0.25, 0.3) is 5.91 Å². The molecule has 1 aromatic rings. The molecule has 0 atom stereocenters. The van der Waals surface area contributed by atoms with E-state index < -0.39 is 0 Å². The van der Waals surface area contributed by atoms with Crippen molar-refractivity contribution in [3.63, 3.8) is 0 Å². The summed E-state index contributed by atoms with van der Waals surface area (Å²) in [5, 5.41) is 0. The molecule has 6 heteroatoms. The first-order valence-corrected chi connectivity index (χ1v) is 8.86. The first-order valence-electron chi connectivity index (χ1n) is 8.86. The van der Waals surface area contributed by atoms with Crippen molar-refractivity contribution in [2.75, 3.05) is 39.9 Å². The molecule has 0 radical (unpaired) electrons. The maximum atomic E-state index is 13.0. The Balaban J connectivity index is 2.15. The molecule has 1 saturated heterocycles. The lowest BCUT2D eigenvalue weighted by Gasteiger charge is -2.23. The molecule has 25 heavy (non-hydrogen) atoms. The molecule has 0 bridgehead atoms. The molecule has 0 N–H and O–H groups in total. The lowest BCUT2D eigenvalue weighted by Crippen LogP contribution is -2.37. The number of ether oxygens (including phenoxy) is 2. The number of hydrogen-bond donors (Lipinski definition) is 0. The summed E-state index contributed by atoms with van der Waals surface area (Å²) in [6.45, 7) is 8.54. The molecule has 1 aromatic carbocycles. The Kier molecular flexibility index (Phi) is 6.67. The van der Waals surface area contributed by atoms with Crippen LogP contribution >= 0.6 is 0 Å². The highest BCUT2D eigenvalue weighted by molar-refractivity contribution is 5.97. The largest absolute Gasteiger partial charge is 0.496 e. The van der Waals surface area contributed by atoms with E-state index in [1.54, 1.807) is 23.8 Å². The van der Waals surface area contributed by atoms with Gasteiger partial charge in [0.1, 0.15) is 5.75 Å². The van der Waals surface area contributed by atoms with E-state index in [2.05, 4.69) is 13.8 Å². The normalized spacial score (nSPS) is 15.1. The SMILES string of the molecule is CCOC(=O)N1CCCN(C(=O)c2cc(C(C)C)ccc2OC)CC1. The zero-order valence-electron chi connectivity index (χ0n) is 15.6. The van der Waals surface area contributed by atoms with E-state index >= 15 is 0 Å². The first kappa shape index (κ1) is 19.1. The summed E-state index contributed by atoms with van der Waals surface area (Å²) < 4.78 is 10.4. The van der Waals surface area contributed by atoms with Gasteiger partial charge >= 0.3 is 6.09 Å². The highest BCUT2D eigenvalue weighted by atomic mass is 16.6. The Morgan fingerprint density at radius 1 is 1.12 bits per heavy atom. The quantitative estimate of drug-likeness (QED) is 0.839. The van der Waals surface area contributed by atoms with Gasteiger partial charge in [0.2, 0.25) is 0 Å². The van der Waals surface area contributed by atoms with Gasteiger partial charge in [0.15, 0.2) is 0 Å². The van der Waals surface area contributed by atoms with Gasteiger partial charge in [0.05, 0.1) is 19.3 Å². The van der Waals surface area contributed by atoms with Crippen LogP contribution in [0.1, 0.15) is 49.0 Å². The topological polar surface area (TPSA) is 59.1 Å². The molecule has 0 unspecified atom stereocenters. The van der Waals surface area contributed by atoms with Crippen LogP contribution in [0.3, 0.4) is 0 Å². The number of rotatable bonds is 4. The molecule has 1 heterocycles. The standard InChI is InChI=1S/C19H28N2O4/c1-5-25-19(23)21-10-6-9-20(11-12-21)18(22)16-13-15(14(2)3)7-8-17(16)24-4/h7-8,13-14H,5-6,9-12H2,1-4H3. The number of nitrogens with zero attached hydrogens (tertiary/aromatic N) is 2. The van der Waals surface area contributed by atoms with Gasteiger partial charge < -0.3 is 19.3 Å². The summed E-state index contributed by atoms with van der Waals surface area (Å²) in [5.41, 5.74) is 1.69. The fraction of sp³-hybridized carbons (Fsp3) is 0.579. The van der Waals surface area contributed by atoms with Crippen LogP contribution in [-0.4, -0.2) is 61.7 Å². The Labute approximate surface area is 149 Å². The summed E-state index contributed by atoms with van der Waals surface area (Å²) in [4.78, 5) is 28.4. The maximum Gasteiger partial charge on any atom is 0.409 e. The summed E-state index contributed by atoms with van der Waals surface area (Å²) in [6, 6.07) is 5.76. The second-order valence-corrected chi connectivity index (χ2v) is 6.45. The number of hydrogen-bond acceptors (Lipinski definition) is 4. The van der Waals surface area contributed by atoms with Crippen molar-refractivity contribution in [2.45, 2.75) is 33.1 Å². The lowest BCUT2D eigenvalue weighted by atomic mass is 9.99. The number of amides is 2. The van der Waals surface area contributed by atoms with Crippen molar-refractivity contribution in [2.24, 2.45) is 0 Å². The van der Waals surface area contributed by atoms with Gasteiger partial charge in [-0.15, -0.1) is 0 Å². The minimum atomic E-state index is -0.309. The molecule has 1 aliphatic heterocycles. The predicted octanol–water partition coefficient (Wildman–Crippen LogP) is 3.12. The molecular weight excluding hydrogens is 320 g/mol. The van der Waals surface area contributed by atoms with Crippen LogP contribution in [0.15, 0.2) is 18.2 Å². The van der Waals surface area contributed by atoms with Crippen LogP contribution in [0, 0.1) is 0 Å². The second-order valence-electron chi connectivity index (χ2n) is 6.45. The molecule has 2 amide bonds. The molecule has 138 valence electrons. The molecule has 6 nitrogen and oxygen atoms in total. The number of carbonyl (C=O) groups excluding carboxylic acids is 2. The average Bonchev–Trinajstić information content (AvgIpc) is 2.87. The predicted molar refractivity (Wildman–Crippen MR) is 96.2 cm³/mol. The van der Waals surface area contributed by atoms with Gasteiger partial charge in [-0.25, -0.2) is 4.79 Å².